The molecule has 3 aliphatic heterocycles. The molecule has 0 spiro atoms. The van der Waals surface area contributed by atoms with Gasteiger partial charge in [-0.1, -0.05) is 30.3 Å². The second-order valence-corrected chi connectivity index (χ2v) is 11.5. The molecule has 5 rings (SSSR count). The molecule has 1 amide bonds. The first-order chi connectivity index (χ1) is 15.9. The number of hydrogen-bond acceptors (Lipinski definition) is 7. The van der Waals surface area contributed by atoms with E-state index in [1.807, 2.05) is 6.92 Å². The molecule has 2 bridgehead atoms. The summed E-state index contributed by atoms with van der Waals surface area (Å²) in [5.41, 5.74) is -0.502. The van der Waals surface area contributed by atoms with E-state index in [0.29, 0.717) is 21.7 Å². The van der Waals surface area contributed by atoms with Crippen molar-refractivity contribution in [3.8, 4) is 0 Å². The number of rotatable bonds is 2. The van der Waals surface area contributed by atoms with Crippen LogP contribution >= 0.6 is 23.4 Å². The third-order valence-electron chi connectivity index (χ3n) is 6.49. The molecule has 2 aromatic heterocycles. The van der Waals surface area contributed by atoms with Crippen LogP contribution < -0.4 is 4.90 Å². The number of hydrogen-bond donors (Lipinski definition) is 0. The maximum Gasteiger partial charge on any atom is 0.415 e. The minimum atomic E-state index is -2.34. The van der Waals surface area contributed by atoms with Crippen LogP contribution in [0.25, 0.3) is 10.9 Å². The van der Waals surface area contributed by atoms with Crippen molar-refractivity contribution in [2.45, 2.75) is 81.8 Å². The number of alkyl halides is 2. The standard InChI is InChI=1S/C22H25ClF3N5O2S/c1-5-34-18-28-15-13-11(27-16(23)14(15)24)6-7-12-22(26)9-8-21(25,10-30(12)17(13)29-18)31(22)19(32)33-20(2,3)4/h12H,5-10H2,1-4H3/t12-,21-,22+/m1/s1. The lowest BCUT2D eigenvalue weighted by Gasteiger charge is -2.52. The number of piperazine rings is 1. The smallest absolute Gasteiger partial charge is 0.415 e. The molecule has 7 nitrogen and oxygen atoms in total. The van der Waals surface area contributed by atoms with E-state index in [-0.39, 0.29) is 53.9 Å². The third kappa shape index (κ3) is 3.49. The van der Waals surface area contributed by atoms with Crippen LogP contribution in [-0.2, 0) is 11.2 Å². The zero-order chi connectivity index (χ0) is 24.6. The van der Waals surface area contributed by atoms with Gasteiger partial charge in [0.25, 0.3) is 0 Å². The summed E-state index contributed by atoms with van der Waals surface area (Å²) in [6.07, 6.45) is -0.961. The summed E-state index contributed by atoms with van der Waals surface area (Å²) in [5, 5.41) is 0.260. The summed E-state index contributed by atoms with van der Waals surface area (Å²) in [6, 6.07) is -0.931. The van der Waals surface area contributed by atoms with Crippen LogP contribution in [0.15, 0.2) is 5.16 Å². The summed E-state index contributed by atoms with van der Waals surface area (Å²) in [7, 11) is 0. The Morgan fingerprint density at radius 3 is 2.68 bits per heavy atom. The highest BCUT2D eigenvalue weighted by molar-refractivity contribution is 7.99. The maximum atomic E-state index is 16.8. The van der Waals surface area contributed by atoms with Crippen molar-refractivity contribution in [1.29, 1.82) is 0 Å². The normalized spacial score (nSPS) is 28.2. The largest absolute Gasteiger partial charge is 0.444 e. The van der Waals surface area contributed by atoms with Crippen molar-refractivity contribution < 1.29 is 22.7 Å². The molecule has 0 aromatic carbocycles. The topological polar surface area (TPSA) is 71.5 Å². The molecule has 3 atom stereocenters. The van der Waals surface area contributed by atoms with E-state index >= 15 is 13.2 Å². The minimum absolute atomic E-state index is 0.0145. The van der Waals surface area contributed by atoms with Gasteiger partial charge in [0.1, 0.15) is 16.9 Å². The fourth-order valence-corrected chi connectivity index (χ4v) is 6.01. The molecule has 12 heteroatoms. The molecule has 34 heavy (non-hydrogen) atoms. The number of pyridine rings is 1. The van der Waals surface area contributed by atoms with E-state index in [4.69, 9.17) is 16.3 Å². The van der Waals surface area contributed by atoms with Crippen molar-refractivity contribution in [3.63, 3.8) is 0 Å². The number of aryl methyl sites for hydroxylation is 1. The summed E-state index contributed by atoms with van der Waals surface area (Å²) in [6.45, 7) is 6.52. The average Bonchev–Trinajstić information content (AvgIpc) is 2.83. The van der Waals surface area contributed by atoms with Gasteiger partial charge in [-0.3, -0.25) is 0 Å². The number of amides is 1. The van der Waals surface area contributed by atoms with E-state index in [1.54, 1.807) is 20.8 Å². The summed E-state index contributed by atoms with van der Waals surface area (Å²) < 4.78 is 53.5. The number of carbonyl (C=O) groups is 1. The Bertz CT molecular complexity index is 1200. The molecule has 0 saturated carbocycles. The van der Waals surface area contributed by atoms with Crippen LogP contribution in [0.3, 0.4) is 0 Å². The van der Waals surface area contributed by atoms with Crippen LogP contribution in [0.4, 0.5) is 23.8 Å². The van der Waals surface area contributed by atoms with E-state index in [2.05, 4.69) is 15.0 Å². The quantitative estimate of drug-likeness (QED) is 0.229. The number of anilines is 1. The fraction of sp³-hybridized carbons (Fsp3) is 0.636. The van der Waals surface area contributed by atoms with Gasteiger partial charge in [-0.15, -0.1) is 0 Å². The molecule has 184 valence electrons. The van der Waals surface area contributed by atoms with Gasteiger partial charge < -0.3 is 9.64 Å². The van der Waals surface area contributed by atoms with Gasteiger partial charge in [-0.05, 0) is 39.4 Å². The molecule has 2 aromatic rings. The summed E-state index contributed by atoms with van der Waals surface area (Å²) >= 11 is 7.34. The molecule has 2 fully saturated rings. The molecule has 0 N–H and O–H groups in total. The molecular weight excluding hydrogens is 491 g/mol. The van der Waals surface area contributed by atoms with Gasteiger partial charge in [0, 0.05) is 12.8 Å². The second-order valence-electron chi connectivity index (χ2n) is 9.88. The first-order valence-electron chi connectivity index (χ1n) is 11.2. The number of nitrogens with zero attached hydrogens (tertiary/aromatic N) is 5. The molecule has 0 radical (unpaired) electrons. The number of ether oxygens (including phenoxy) is 1. The predicted molar refractivity (Wildman–Crippen MR) is 123 cm³/mol. The van der Waals surface area contributed by atoms with E-state index in [0.717, 1.165) is 0 Å². The van der Waals surface area contributed by atoms with E-state index < -0.39 is 35.1 Å². The monoisotopic (exact) mass is 515 g/mol. The van der Waals surface area contributed by atoms with Crippen molar-refractivity contribution in [2.24, 2.45) is 0 Å². The van der Waals surface area contributed by atoms with Crippen molar-refractivity contribution in [2.75, 3.05) is 17.2 Å². The van der Waals surface area contributed by atoms with Crippen molar-refractivity contribution in [1.82, 2.24) is 19.9 Å². The predicted octanol–water partition coefficient (Wildman–Crippen LogP) is 5.43. The Labute approximate surface area is 204 Å². The lowest BCUT2D eigenvalue weighted by Crippen LogP contribution is -2.71. The van der Waals surface area contributed by atoms with E-state index in [9.17, 15) is 4.79 Å². The summed E-state index contributed by atoms with van der Waals surface area (Å²) in [5.74, 6) is -4.60. The average molecular weight is 516 g/mol. The Morgan fingerprint density at radius 2 is 2.00 bits per heavy atom. The first-order valence-corrected chi connectivity index (χ1v) is 12.6. The molecule has 5 heterocycles. The summed E-state index contributed by atoms with van der Waals surface area (Å²) in [4.78, 5) is 28.3. The van der Waals surface area contributed by atoms with Gasteiger partial charge >= 0.3 is 6.09 Å². The van der Waals surface area contributed by atoms with Gasteiger partial charge in [0.05, 0.1) is 23.7 Å². The van der Waals surface area contributed by atoms with Crippen LogP contribution in [0.5, 0.6) is 0 Å². The third-order valence-corrected chi connectivity index (χ3v) is 7.47. The zero-order valence-corrected chi connectivity index (χ0v) is 20.9. The second kappa shape index (κ2) is 7.74. The van der Waals surface area contributed by atoms with Crippen molar-refractivity contribution in [3.05, 3.63) is 16.7 Å². The van der Waals surface area contributed by atoms with Gasteiger partial charge in [-0.25, -0.2) is 37.8 Å². The Hall–Kier alpha value is -2.01. The van der Waals surface area contributed by atoms with Crippen LogP contribution in [-0.4, -0.2) is 61.5 Å². The number of aromatic nitrogens is 3. The SMILES string of the molecule is CCSc1nc2c3c(nc(Cl)c(F)c3n1)CC[C@H]1N2C[C@@]2(F)CC[C@]1(F)N2C(=O)OC(C)(C)C. The van der Waals surface area contributed by atoms with Crippen LogP contribution in [0.1, 0.15) is 52.7 Å². The Morgan fingerprint density at radius 1 is 1.26 bits per heavy atom. The number of halogens is 4. The number of carbonyl (C=O) groups excluding carboxylic acids is 1. The molecule has 2 saturated heterocycles. The van der Waals surface area contributed by atoms with Gasteiger partial charge in [0.2, 0.25) is 11.6 Å². The minimum Gasteiger partial charge on any atom is -0.444 e. The Balaban J connectivity index is 1.68. The van der Waals surface area contributed by atoms with Gasteiger partial charge in [-0.2, -0.15) is 0 Å². The number of thioether (sulfide) groups is 1. The van der Waals surface area contributed by atoms with Crippen LogP contribution in [0.2, 0.25) is 5.15 Å². The first kappa shape index (κ1) is 23.7. The lowest BCUT2D eigenvalue weighted by molar-refractivity contribution is -0.133. The lowest BCUT2D eigenvalue weighted by atomic mass is 9.95. The molecule has 3 aliphatic rings. The zero-order valence-electron chi connectivity index (χ0n) is 19.3. The number of fused-ring (bicyclic) bond motifs is 5. The highest BCUT2D eigenvalue weighted by Crippen LogP contribution is 2.54. The molecule has 0 unspecified atom stereocenters. The Kier molecular flexibility index (Phi) is 5.40. The van der Waals surface area contributed by atoms with E-state index in [1.165, 1.54) is 16.7 Å². The van der Waals surface area contributed by atoms with Gasteiger partial charge in [0.15, 0.2) is 16.1 Å². The molecule has 0 aliphatic carbocycles. The maximum absolute atomic E-state index is 16.8. The highest BCUT2D eigenvalue weighted by Gasteiger charge is 2.69. The van der Waals surface area contributed by atoms with Crippen molar-refractivity contribution >= 4 is 46.2 Å². The fourth-order valence-electron chi connectivity index (χ4n) is 5.25. The molecular formula is C22H25ClF3N5O2S. The van der Waals surface area contributed by atoms with Crippen LogP contribution in [0, 0.1) is 5.82 Å². The highest BCUT2D eigenvalue weighted by atomic mass is 35.5.